The molecule has 3 nitrogen and oxygen atoms in total. The summed E-state index contributed by atoms with van der Waals surface area (Å²) >= 11 is 0. The number of aryl methyl sites for hydroxylation is 2. The van der Waals surface area contributed by atoms with Crippen molar-refractivity contribution < 1.29 is 5.21 Å². The fraction of sp³-hybridized carbons (Fsp3) is 0.182. The van der Waals surface area contributed by atoms with Crippen molar-refractivity contribution in [1.29, 1.82) is 0 Å². The standard InChI is InChI=1S/C11H10N2O/c14-13-7-12-10-6-5-8-3-1-2-4-9(8)11(10)13/h1-4,7,14H,5-6H2. The highest BCUT2D eigenvalue weighted by Gasteiger charge is 2.20. The van der Waals surface area contributed by atoms with E-state index in [0.29, 0.717) is 0 Å². The molecule has 1 aromatic heterocycles. The number of benzene rings is 1. The van der Waals surface area contributed by atoms with Gasteiger partial charge < -0.3 is 5.21 Å². The molecule has 1 heterocycles. The van der Waals surface area contributed by atoms with E-state index < -0.39 is 0 Å². The minimum absolute atomic E-state index is 0.854. The maximum Gasteiger partial charge on any atom is 0.132 e. The van der Waals surface area contributed by atoms with Crippen LogP contribution in [0.5, 0.6) is 0 Å². The molecule has 70 valence electrons. The minimum Gasteiger partial charge on any atom is -0.427 e. The number of hydrogen-bond acceptors (Lipinski definition) is 2. The molecule has 0 fully saturated rings. The van der Waals surface area contributed by atoms with Crippen LogP contribution in [-0.4, -0.2) is 14.9 Å². The Balaban J connectivity index is 2.32. The summed E-state index contributed by atoms with van der Waals surface area (Å²) in [4.78, 5) is 4.17. The van der Waals surface area contributed by atoms with Gasteiger partial charge in [-0.3, -0.25) is 0 Å². The Hall–Kier alpha value is -1.77. The summed E-state index contributed by atoms with van der Waals surface area (Å²) in [6.45, 7) is 0. The Labute approximate surface area is 81.6 Å². The smallest absolute Gasteiger partial charge is 0.132 e. The van der Waals surface area contributed by atoms with Crippen molar-refractivity contribution in [2.24, 2.45) is 0 Å². The first kappa shape index (κ1) is 7.62. The molecule has 2 aromatic rings. The first-order chi connectivity index (χ1) is 6.86. The maximum atomic E-state index is 9.60. The number of hydrogen-bond donors (Lipinski definition) is 1. The van der Waals surface area contributed by atoms with Crippen LogP contribution in [0.2, 0.25) is 0 Å². The second kappa shape index (κ2) is 2.61. The third-order valence-electron chi connectivity index (χ3n) is 2.73. The summed E-state index contributed by atoms with van der Waals surface area (Å²) in [6, 6.07) is 8.15. The highest BCUT2D eigenvalue weighted by atomic mass is 16.5. The van der Waals surface area contributed by atoms with Gasteiger partial charge in [0.1, 0.15) is 12.0 Å². The lowest BCUT2D eigenvalue weighted by Crippen LogP contribution is -2.05. The number of rotatable bonds is 0. The number of fused-ring (bicyclic) bond motifs is 3. The molecule has 0 saturated heterocycles. The van der Waals surface area contributed by atoms with Crippen LogP contribution >= 0.6 is 0 Å². The average Bonchev–Trinajstić information content (AvgIpc) is 2.61. The molecule has 0 saturated carbocycles. The Morgan fingerprint density at radius 2 is 2.07 bits per heavy atom. The summed E-state index contributed by atoms with van der Waals surface area (Å²) in [6.07, 6.45) is 3.40. The van der Waals surface area contributed by atoms with Gasteiger partial charge in [0.2, 0.25) is 0 Å². The molecule has 1 N–H and O–H groups in total. The molecule has 1 aliphatic rings. The van der Waals surface area contributed by atoms with Gasteiger partial charge in [0.25, 0.3) is 0 Å². The molecule has 14 heavy (non-hydrogen) atoms. The predicted octanol–water partition coefficient (Wildman–Crippen LogP) is 1.89. The monoisotopic (exact) mass is 186 g/mol. The van der Waals surface area contributed by atoms with Crippen molar-refractivity contribution in [2.75, 3.05) is 0 Å². The van der Waals surface area contributed by atoms with E-state index in [-0.39, 0.29) is 0 Å². The van der Waals surface area contributed by atoms with E-state index in [1.807, 2.05) is 18.2 Å². The molecule has 3 rings (SSSR count). The summed E-state index contributed by atoms with van der Waals surface area (Å²) in [5.74, 6) is 0. The zero-order chi connectivity index (χ0) is 9.54. The van der Waals surface area contributed by atoms with Crippen molar-refractivity contribution >= 4 is 0 Å². The Morgan fingerprint density at radius 3 is 3.00 bits per heavy atom. The van der Waals surface area contributed by atoms with Crippen molar-refractivity contribution in [3.05, 3.63) is 41.9 Å². The molecule has 0 spiro atoms. The molecule has 0 bridgehead atoms. The van der Waals surface area contributed by atoms with Crippen molar-refractivity contribution in [1.82, 2.24) is 9.71 Å². The second-order valence-electron chi connectivity index (χ2n) is 3.54. The Bertz CT molecular complexity index is 488. The van der Waals surface area contributed by atoms with Gasteiger partial charge >= 0.3 is 0 Å². The maximum absolute atomic E-state index is 9.60. The predicted molar refractivity (Wildman–Crippen MR) is 52.3 cm³/mol. The molecule has 0 amide bonds. The Kier molecular flexibility index (Phi) is 1.42. The Morgan fingerprint density at radius 1 is 1.21 bits per heavy atom. The largest absolute Gasteiger partial charge is 0.427 e. The van der Waals surface area contributed by atoms with Crippen LogP contribution in [0, 0.1) is 0 Å². The molecule has 1 aliphatic carbocycles. The zero-order valence-corrected chi connectivity index (χ0v) is 7.64. The van der Waals surface area contributed by atoms with Crippen LogP contribution in [0.4, 0.5) is 0 Å². The van der Waals surface area contributed by atoms with Crippen LogP contribution < -0.4 is 0 Å². The summed E-state index contributed by atoms with van der Waals surface area (Å²) in [7, 11) is 0. The van der Waals surface area contributed by atoms with Gasteiger partial charge in [-0.2, -0.15) is 4.73 Å². The highest BCUT2D eigenvalue weighted by Crippen LogP contribution is 2.31. The van der Waals surface area contributed by atoms with Crippen molar-refractivity contribution in [3.63, 3.8) is 0 Å². The molecule has 0 atom stereocenters. The van der Waals surface area contributed by atoms with Crippen LogP contribution in [0.25, 0.3) is 11.3 Å². The van der Waals surface area contributed by atoms with Gasteiger partial charge in [0.05, 0.1) is 5.69 Å². The lowest BCUT2D eigenvalue weighted by molar-refractivity contribution is 0.190. The lowest BCUT2D eigenvalue weighted by Gasteiger charge is -2.15. The molecule has 0 unspecified atom stereocenters. The third-order valence-corrected chi connectivity index (χ3v) is 2.73. The second-order valence-corrected chi connectivity index (χ2v) is 3.54. The van der Waals surface area contributed by atoms with E-state index in [2.05, 4.69) is 11.1 Å². The van der Waals surface area contributed by atoms with E-state index in [0.717, 1.165) is 34.5 Å². The topological polar surface area (TPSA) is 38.0 Å². The summed E-state index contributed by atoms with van der Waals surface area (Å²) in [5, 5.41) is 9.60. The molecule has 0 aliphatic heterocycles. The third kappa shape index (κ3) is 0.894. The van der Waals surface area contributed by atoms with Gasteiger partial charge in [0.15, 0.2) is 0 Å². The quantitative estimate of drug-likeness (QED) is 0.638. The molecular weight excluding hydrogens is 176 g/mol. The number of aromatic nitrogens is 2. The minimum atomic E-state index is 0.854. The first-order valence-corrected chi connectivity index (χ1v) is 4.70. The lowest BCUT2D eigenvalue weighted by atomic mass is 9.92. The van der Waals surface area contributed by atoms with E-state index in [1.165, 1.54) is 11.9 Å². The van der Waals surface area contributed by atoms with Gasteiger partial charge in [0, 0.05) is 5.56 Å². The molecule has 0 radical (unpaired) electrons. The van der Waals surface area contributed by atoms with Crippen molar-refractivity contribution in [3.8, 4) is 11.3 Å². The molecule has 3 heteroatoms. The van der Waals surface area contributed by atoms with Crippen LogP contribution in [0.15, 0.2) is 30.6 Å². The molecular formula is C11H10N2O. The average molecular weight is 186 g/mol. The zero-order valence-electron chi connectivity index (χ0n) is 7.64. The van der Waals surface area contributed by atoms with Crippen LogP contribution in [-0.2, 0) is 12.8 Å². The van der Waals surface area contributed by atoms with E-state index in [9.17, 15) is 5.21 Å². The fourth-order valence-corrected chi connectivity index (χ4v) is 2.06. The van der Waals surface area contributed by atoms with E-state index in [1.54, 1.807) is 0 Å². The number of nitrogens with zero attached hydrogens (tertiary/aromatic N) is 2. The SMILES string of the molecule is On1cnc2c1-c1ccccc1CC2. The molecule has 1 aromatic carbocycles. The van der Waals surface area contributed by atoms with Crippen LogP contribution in [0.1, 0.15) is 11.3 Å². The fourth-order valence-electron chi connectivity index (χ4n) is 2.06. The number of imidazole rings is 1. The summed E-state index contributed by atoms with van der Waals surface area (Å²) in [5.41, 5.74) is 4.24. The normalized spacial score (nSPS) is 13.4. The van der Waals surface area contributed by atoms with Gasteiger partial charge in [-0.1, -0.05) is 24.3 Å². The van der Waals surface area contributed by atoms with Gasteiger partial charge in [-0.15, -0.1) is 0 Å². The first-order valence-electron chi connectivity index (χ1n) is 4.70. The van der Waals surface area contributed by atoms with E-state index in [4.69, 9.17) is 0 Å². The van der Waals surface area contributed by atoms with Crippen molar-refractivity contribution in [2.45, 2.75) is 12.8 Å². The van der Waals surface area contributed by atoms with Gasteiger partial charge in [-0.25, -0.2) is 4.98 Å². The van der Waals surface area contributed by atoms with Crippen LogP contribution in [0.3, 0.4) is 0 Å². The highest BCUT2D eigenvalue weighted by molar-refractivity contribution is 5.68. The van der Waals surface area contributed by atoms with Gasteiger partial charge in [-0.05, 0) is 18.4 Å². The van der Waals surface area contributed by atoms with E-state index >= 15 is 0 Å². The summed E-state index contributed by atoms with van der Waals surface area (Å²) < 4.78 is 1.12.